The lowest BCUT2D eigenvalue weighted by molar-refractivity contribution is -0.325. The Morgan fingerprint density at radius 3 is 1.00 bits per heavy atom. The van der Waals surface area contributed by atoms with Gasteiger partial charge in [-0.25, -0.2) is 9.13 Å². The van der Waals surface area contributed by atoms with Gasteiger partial charge in [-0.3, -0.25) is 18.6 Å². The van der Waals surface area contributed by atoms with Crippen LogP contribution in [0, 0.1) is 0 Å². The minimum absolute atomic E-state index is 0.478. The van der Waals surface area contributed by atoms with Crippen LogP contribution in [0.15, 0.2) is 128 Å². The van der Waals surface area contributed by atoms with E-state index < -0.39 is 109 Å². The second-order valence-electron chi connectivity index (χ2n) is 25.6. The average Bonchev–Trinajstić information content (AvgIpc) is 0.781. The van der Waals surface area contributed by atoms with Crippen molar-refractivity contribution in [2.75, 3.05) is 19.8 Å². The van der Waals surface area contributed by atoms with Crippen molar-refractivity contribution in [3.8, 4) is 0 Å². The fourth-order valence-corrected chi connectivity index (χ4v) is 12.7. The molecule has 21 heteroatoms. The first-order valence-electron chi connectivity index (χ1n) is 33.0. The Bertz CT molecular complexity index is 2710. The van der Waals surface area contributed by atoms with Gasteiger partial charge in [-0.05, 0) is 212 Å². The zero-order valence-corrected chi connectivity index (χ0v) is 59.8. The van der Waals surface area contributed by atoms with Gasteiger partial charge in [0, 0.05) is 13.8 Å². The number of amides is 2. The van der Waals surface area contributed by atoms with Gasteiger partial charge < -0.3 is 60.2 Å². The maximum atomic E-state index is 13.1. The normalized spacial score (nSPS) is 25.1. The quantitative estimate of drug-likeness (QED) is 0.0203. The van der Waals surface area contributed by atoms with Gasteiger partial charge in [-0.1, -0.05) is 128 Å². The molecule has 0 radical (unpaired) electrons. The molecule has 524 valence electrons. The molecular weight excluding hydrogens is 1210 g/mol. The molecule has 19 nitrogen and oxygen atoms in total. The third-order valence-corrected chi connectivity index (χ3v) is 18.9. The van der Waals surface area contributed by atoms with Crippen LogP contribution in [0.2, 0.25) is 0 Å². The Balaban J connectivity index is 1.71. The number of hydrogen-bond acceptors (Lipinski definition) is 15. The van der Waals surface area contributed by atoms with Crippen LogP contribution >= 0.6 is 15.6 Å². The Labute approximate surface area is 551 Å². The van der Waals surface area contributed by atoms with Gasteiger partial charge in [0.25, 0.3) is 0 Å². The van der Waals surface area contributed by atoms with Gasteiger partial charge in [-0.15, -0.1) is 0 Å². The van der Waals surface area contributed by atoms with Crippen LogP contribution in [0.5, 0.6) is 0 Å². The van der Waals surface area contributed by atoms with Crippen LogP contribution in [0.25, 0.3) is 0 Å². The van der Waals surface area contributed by atoms with Crippen molar-refractivity contribution in [2.24, 2.45) is 0 Å². The Morgan fingerprint density at radius 1 is 0.402 bits per heavy atom. The number of phosphoric acid groups is 2. The second-order valence-corrected chi connectivity index (χ2v) is 28.6. The van der Waals surface area contributed by atoms with Crippen molar-refractivity contribution in [1.82, 2.24) is 10.6 Å². The molecular formula is C71H118N2O17P2. The SMILES string of the molecule is CC(=O)N[C@@H]1[C@H](O[C@H]2[C@H](O)[C@@H](NC(C)=O)[C@H](OP(=O)(O)OP(=O)(O)OC/C=C(\C)CC/C=C(\C)CC/C=C(\C)CC/C=C(\C)CC/C=C(\C)CC/C=C(\C)CC/C=C(\C)CC/C=C(\C)CC/C=C(\C)CC/C=C(\C)CCC=C(C)C)O[C@@H]2CO)O[C@H](CO)[C@@H](O)[C@@H]1O. The van der Waals surface area contributed by atoms with Gasteiger partial charge in [0.05, 0.1) is 19.8 Å². The van der Waals surface area contributed by atoms with Crippen molar-refractivity contribution in [3.63, 3.8) is 0 Å². The summed E-state index contributed by atoms with van der Waals surface area (Å²) >= 11 is 0. The standard InChI is InChI=1S/C71H118N2O17P2/c1-49(2)25-15-26-50(3)27-16-28-51(4)29-17-30-52(5)31-18-32-53(6)33-19-34-54(7)35-20-36-55(8)37-21-38-56(9)39-22-40-57(10)41-23-42-58(11)43-24-44-59(12)45-46-85-91(81,82)90-92(83,84)89-71-65(73-61(14)77)68(80)69(63(48-75)87-71)88-70-64(72-60(13)76)67(79)66(78)62(47-74)86-70/h25,27,29,31,33,35,37,39,41,43,45,62-71,74-75,78-80H,15-24,26,28,30,32,34,36,38,40,42,44,46-48H2,1-14H3,(H,72,76)(H,73,77)(H,81,82)(H,83,84)/b50-27+,51-29+,52-31+,53-33+,54-35+,55-37+,56-39+,57-41+,58-43+,59-45+/t62-,63-,64+,65-,66-,67-,68-,69-,70+,71+/m1/s1. The zero-order valence-electron chi connectivity index (χ0n) is 58.0. The highest BCUT2D eigenvalue weighted by Gasteiger charge is 2.53. The lowest BCUT2D eigenvalue weighted by Gasteiger charge is -2.48. The van der Waals surface area contributed by atoms with Crippen molar-refractivity contribution in [1.29, 1.82) is 0 Å². The van der Waals surface area contributed by atoms with E-state index in [4.69, 9.17) is 23.3 Å². The predicted molar refractivity (Wildman–Crippen MR) is 367 cm³/mol. The van der Waals surface area contributed by atoms with Crippen molar-refractivity contribution in [2.45, 2.75) is 287 Å². The molecule has 9 N–H and O–H groups in total. The molecule has 2 rings (SSSR count). The van der Waals surface area contributed by atoms with Crippen LogP contribution in [0.3, 0.4) is 0 Å². The molecule has 2 amide bonds. The summed E-state index contributed by atoms with van der Waals surface area (Å²) in [4.78, 5) is 45.1. The highest BCUT2D eigenvalue weighted by atomic mass is 31.3. The van der Waals surface area contributed by atoms with Crippen molar-refractivity contribution >= 4 is 27.5 Å². The van der Waals surface area contributed by atoms with E-state index in [0.29, 0.717) is 12.8 Å². The Hall–Kier alpha value is -3.98. The summed E-state index contributed by atoms with van der Waals surface area (Å²) in [6.07, 6.45) is 32.0. The van der Waals surface area contributed by atoms with Gasteiger partial charge in [0.15, 0.2) is 12.6 Å². The number of carbonyl (C=O) groups excluding carboxylic acids is 2. The van der Waals surface area contributed by atoms with Crippen LogP contribution < -0.4 is 10.6 Å². The van der Waals surface area contributed by atoms with Crippen LogP contribution in [0.4, 0.5) is 0 Å². The molecule has 2 heterocycles. The van der Waals surface area contributed by atoms with E-state index in [1.165, 1.54) is 61.8 Å². The van der Waals surface area contributed by atoms with Gasteiger partial charge in [0.1, 0.15) is 48.7 Å². The molecule has 0 aromatic rings. The molecule has 92 heavy (non-hydrogen) atoms. The van der Waals surface area contributed by atoms with Crippen LogP contribution in [0.1, 0.15) is 225 Å². The van der Waals surface area contributed by atoms with E-state index in [0.717, 1.165) is 135 Å². The van der Waals surface area contributed by atoms with Crippen LogP contribution in [-0.4, -0.2) is 128 Å². The molecule has 12 atom stereocenters. The zero-order chi connectivity index (χ0) is 69.0. The molecule has 0 aliphatic carbocycles. The molecule has 0 aromatic carbocycles. The minimum Gasteiger partial charge on any atom is -0.394 e. The van der Waals surface area contributed by atoms with Crippen LogP contribution in [-0.2, 0) is 46.3 Å². The number of phosphoric ester groups is 2. The summed E-state index contributed by atoms with van der Waals surface area (Å²) in [5.41, 5.74) is 15.1. The number of rotatable bonds is 43. The van der Waals surface area contributed by atoms with Crippen molar-refractivity contribution < 1.29 is 81.6 Å². The average molecular weight is 1330 g/mol. The molecule has 0 bridgehead atoms. The number of nitrogens with one attached hydrogen (secondary N) is 2. The molecule has 2 fully saturated rings. The van der Waals surface area contributed by atoms with E-state index in [-0.39, 0.29) is 0 Å². The maximum absolute atomic E-state index is 13.1. The molecule has 2 saturated heterocycles. The molecule has 0 saturated carbocycles. The number of carbonyl (C=O) groups is 2. The van der Waals surface area contributed by atoms with E-state index in [2.05, 4.69) is 152 Å². The first-order valence-corrected chi connectivity index (χ1v) is 36.0. The van der Waals surface area contributed by atoms with Gasteiger partial charge >= 0.3 is 15.6 Å². The summed E-state index contributed by atoms with van der Waals surface area (Å²) in [5, 5.41) is 57.0. The van der Waals surface area contributed by atoms with E-state index in [9.17, 15) is 54.0 Å². The lowest BCUT2D eigenvalue weighted by atomic mass is 9.94. The van der Waals surface area contributed by atoms with E-state index in [1.807, 2.05) is 0 Å². The summed E-state index contributed by atoms with van der Waals surface area (Å²) in [6, 6.07) is -3.26. The summed E-state index contributed by atoms with van der Waals surface area (Å²) in [5.74, 6) is -1.50. The van der Waals surface area contributed by atoms with E-state index >= 15 is 0 Å². The number of ether oxygens (including phenoxy) is 3. The molecule has 0 aromatic heterocycles. The Kier molecular flexibility index (Phi) is 41.6. The first-order chi connectivity index (χ1) is 43.3. The number of aliphatic hydroxyl groups is 5. The fraction of sp³-hybridized carbons (Fsp3) is 0.662. The highest BCUT2D eigenvalue weighted by Crippen LogP contribution is 2.61. The Morgan fingerprint density at radius 2 is 0.696 bits per heavy atom. The lowest BCUT2D eigenvalue weighted by Crippen LogP contribution is -2.69. The third kappa shape index (κ3) is 36.8. The minimum atomic E-state index is -5.63. The number of allylic oxidation sites excluding steroid dienone is 21. The maximum Gasteiger partial charge on any atom is 0.483 e. The smallest absolute Gasteiger partial charge is 0.394 e. The van der Waals surface area contributed by atoms with Crippen molar-refractivity contribution in [3.05, 3.63) is 128 Å². The number of aliphatic hydroxyl groups excluding tert-OH is 5. The topological polar surface area (TPSA) is 289 Å². The second kappa shape index (κ2) is 45.5. The summed E-state index contributed by atoms with van der Waals surface area (Å²) in [7, 11) is -10.9. The summed E-state index contributed by atoms with van der Waals surface area (Å²) < 4.78 is 57.4. The molecule has 0 spiro atoms. The van der Waals surface area contributed by atoms with E-state index in [1.54, 1.807) is 6.92 Å². The van der Waals surface area contributed by atoms with Gasteiger partial charge in [0.2, 0.25) is 11.8 Å². The van der Waals surface area contributed by atoms with Gasteiger partial charge in [-0.2, -0.15) is 4.31 Å². The monoisotopic (exact) mass is 1330 g/mol. The molecule has 2 unspecified atom stereocenters. The predicted octanol–water partition coefficient (Wildman–Crippen LogP) is 14.4. The highest BCUT2D eigenvalue weighted by molar-refractivity contribution is 7.61. The molecule has 2 aliphatic heterocycles. The summed E-state index contributed by atoms with van der Waals surface area (Å²) in [6.45, 7) is 26.1. The first kappa shape index (κ1) is 84.1. The third-order valence-electron chi connectivity index (χ3n) is 16.3. The molecule has 2 aliphatic rings. The number of hydrogen-bond donors (Lipinski definition) is 9. The largest absolute Gasteiger partial charge is 0.483 e. The fourth-order valence-electron chi connectivity index (χ4n) is 10.6.